The molecule has 3 rings (SSSR count). The van der Waals surface area contributed by atoms with Crippen LogP contribution in [0.5, 0.6) is 0 Å². The third-order valence-electron chi connectivity index (χ3n) is 4.40. The molecule has 0 amide bonds. The second kappa shape index (κ2) is 6.45. The number of hydrogen-bond acceptors (Lipinski definition) is 6. The highest BCUT2D eigenvalue weighted by atomic mass is 19.4. The molecule has 3 heterocycles. The molecule has 1 aromatic rings. The van der Waals surface area contributed by atoms with Gasteiger partial charge >= 0.3 is 6.18 Å². The number of alkyl halides is 3. The Bertz CT molecular complexity index is 601. The zero-order valence-corrected chi connectivity index (χ0v) is 13.7. The van der Waals surface area contributed by atoms with Crippen LogP contribution in [-0.4, -0.2) is 61.6 Å². The number of morpholine rings is 1. The highest BCUT2D eigenvalue weighted by Crippen LogP contribution is 2.31. The van der Waals surface area contributed by atoms with Crippen molar-refractivity contribution in [3.63, 3.8) is 0 Å². The van der Waals surface area contributed by atoms with E-state index in [1.807, 2.05) is 4.90 Å². The first-order valence-corrected chi connectivity index (χ1v) is 7.91. The molecule has 9 heteroatoms. The summed E-state index contributed by atoms with van der Waals surface area (Å²) >= 11 is 0. The molecular weight excluding hydrogens is 325 g/mol. The molecule has 0 aromatic carbocycles. The third-order valence-corrected chi connectivity index (χ3v) is 4.40. The Hall–Kier alpha value is -1.45. The minimum Gasteiger partial charge on any atom is -0.377 e. The van der Waals surface area contributed by atoms with Crippen LogP contribution in [0.1, 0.15) is 17.1 Å². The zero-order chi connectivity index (χ0) is 17.4. The van der Waals surface area contributed by atoms with Crippen LogP contribution in [0.15, 0.2) is 0 Å². The van der Waals surface area contributed by atoms with Crippen molar-refractivity contribution in [3.8, 4) is 0 Å². The van der Waals surface area contributed by atoms with Crippen molar-refractivity contribution in [3.05, 3.63) is 17.1 Å². The Kier molecular flexibility index (Phi) is 4.67. The summed E-state index contributed by atoms with van der Waals surface area (Å²) in [7, 11) is 0. The average Bonchev–Trinajstić information content (AvgIpc) is 2.74. The smallest absolute Gasteiger partial charge is 0.377 e. The van der Waals surface area contributed by atoms with Gasteiger partial charge in [0.1, 0.15) is 11.4 Å². The molecule has 0 unspecified atom stereocenters. The van der Waals surface area contributed by atoms with E-state index in [-0.39, 0.29) is 0 Å². The first-order chi connectivity index (χ1) is 11.3. The summed E-state index contributed by atoms with van der Waals surface area (Å²) in [6.07, 6.45) is -4.57. The van der Waals surface area contributed by atoms with Crippen molar-refractivity contribution in [1.29, 1.82) is 0 Å². The Morgan fingerprint density at radius 3 is 2.75 bits per heavy atom. The van der Waals surface area contributed by atoms with Gasteiger partial charge in [0.05, 0.1) is 26.4 Å². The van der Waals surface area contributed by atoms with Gasteiger partial charge in [-0.25, -0.2) is 9.97 Å². The van der Waals surface area contributed by atoms with Crippen LogP contribution in [0.3, 0.4) is 0 Å². The van der Waals surface area contributed by atoms with Gasteiger partial charge in [-0.2, -0.15) is 13.2 Å². The van der Waals surface area contributed by atoms with Crippen molar-refractivity contribution in [2.45, 2.75) is 25.6 Å². The van der Waals surface area contributed by atoms with Gasteiger partial charge in [-0.3, -0.25) is 0 Å². The number of halogens is 3. The van der Waals surface area contributed by atoms with Gasteiger partial charge in [0, 0.05) is 30.9 Å². The van der Waals surface area contributed by atoms with Crippen molar-refractivity contribution in [2.75, 3.05) is 50.9 Å². The number of anilines is 1. The highest BCUT2D eigenvalue weighted by Gasteiger charge is 2.40. The van der Waals surface area contributed by atoms with E-state index in [1.165, 1.54) is 0 Å². The molecule has 2 aliphatic rings. The normalized spacial score (nSPS) is 25.8. The molecule has 0 saturated carbocycles. The maximum absolute atomic E-state index is 13.1. The van der Waals surface area contributed by atoms with Crippen LogP contribution in [0.2, 0.25) is 0 Å². The molecule has 6 nitrogen and oxygen atoms in total. The minimum absolute atomic E-state index is 0.321. The van der Waals surface area contributed by atoms with Crippen LogP contribution in [0.4, 0.5) is 19.0 Å². The SMILES string of the molecule is Cc1nc(C(F)(F)F)nc(N2CCO[C@@]3(CNCCOC3)C2)c1C. The summed E-state index contributed by atoms with van der Waals surface area (Å²) in [6, 6.07) is 0. The Morgan fingerprint density at radius 2 is 2.00 bits per heavy atom. The molecular formula is C15H21F3N4O2. The predicted octanol–water partition coefficient (Wildman–Crippen LogP) is 1.31. The summed E-state index contributed by atoms with van der Waals surface area (Å²) < 4.78 is 50.6. The fourth-order valence-corrected chi connectivity index (χ4v) is 3.04. The lowest BCUT2D eigenvalue weighted by molar-refractivity contribution is -0.145. The zero-order valence-electron chi connectivity index (χ0n) is 13.7. The number of nitrogens with zero attached hydrogens (tertiary/aromatic N) is 3. The van der Waals surface area contributed by atoms with E-state index >= 15 is 0 Å². The van der Waals surface area contributed by atoms with Gasteiger partial charge in [-0.05, 0) is 13.8 Å². The van der Waals surface area contributed by atoms with Gasteiger partial charge in [0.2, 0.25) is 5.82 Å². The van der Waals surface area contributed by atoms with Crippen molar-refractivity contribution < 1.29 is 22.6 Å². The highest BCUT2D eigenvalue weighted by molar-refractivity contribution is 5.49. The Labute approximate surface area is 138 Å². The summed E-state index contributed by atoms with van der Waals surface area (Å²) in [5.74, 6) is -0.780. The number of aryl methyl sites for hydroxylation is 1. The molecule has 0 bridgehead atoms. The molecule has 2 aliphatic heterocycles. The van der Waals surface area contributed by atoms with Crippen LogP contribution >= 0.6 is 0 Å². The second-order valence-electron chi connectivity index (χ2n) is 6.26. The van der Waals surface area contributed by atoms with Crippen LogP contribution in [-0.2, 0) is 15.7 Å². The fraction of sp³-hybridized carbons (Fsp3) is 0.733. The largest absolute Gasteiger partial charge is 0.451 e. The van der Waals surface area contributed by atoms with Crippen LogP contribution in [0.25, 0.3) is 0 Å². The lowest BCUT2D eigenvalue weighted by Crippen LogP contribution is -2.58. The number of aromatic nitrogens is 2. The summed E-state index contributed by atoms with van der Waals surface area (Å²) in [5.41, 5.74) is 0.420. The molecule has 2 fully saturated rings. The molecule has 1 aromatic heterocycles. The molecule has 2 saturated heterocycles. The second-order valence-corrected chi connectivity index (χ2v) is 6.26. The summed E-state index contributed by atoms with van der Waals surface area (Å²) in [6.45, 7) is 6.96. The first-order valence-electron chi connectivity index (χ1n) is 7.91. The van der Waals surface area contributed by atoms with Gasteiger partial charge < -0.3 is 19.7 Å². The monoisotopic (exact) mass is 346 g/mol. The Balaban J connectivity index is 1.91. The molecule has 1 atom stereocenters. The quantitative estimate of drug-likeness (QED) is 0.827. The number of rotatable bonds is 1. The van der Waals surface area contributed by atoms with E-state index in [0.29, 0.717) is 56.5 Å². The fourth-order valence-electron chi connectivity index (χ4n) is 3.04. The predicted molar refractivity (Wildman–Crippen MR) is 81.1 cm³/mol. The van der Waals surface area contributed by atoms with E-state index in [0.717, 1.165) is 6.54 Å². The topological polar surface area (TPSA) is 59.5 Å². The standard InChI is InChI=1S/C15H21F3N4O2/c1-10-11(2)20-13(15(16,17)18)21-12(10)22-4-6-24-14(8-22)7-19-3-5-23-9-14/h19H,3-9H2,1-2H3/t14-/m0/s1. The van der Waals surface area contributed by atoms with Crippen molar-refractivity contribution in [1.82, 2.24) is 15.3 Å². The van der Waals surface area contributed by atoms with E-state index in [9.17, 15) is 13.2 Å². The molecule has 0 aliphatic carbocycles. The van der Waals surface area contributed by atoms with Crippen molar-refractivity contribution in [2.24, 2.45) is 0 Å². The Morgan fingerprint density at radius 1 is 1.21 bits per heavy atom. The third kappa shape index (κ3) is 3.47. The van der Waals surface area contributed by atoms with E-state index in [2.05, 4.69) is 15.3 Å². The lowest BCUT2D eigenvalue weighted by Gasteiger charge is -2.42. The van der Waals surface area contributed by atoms with Gasteiger partial charge in [0.25, 0.3) is 0 Å². The molecule has 1 N–H and O–H groups in total. The van der Waals surface area contributed by atoms with Crippen LogP contribution in [0, 0.1) is 13.8 Å². The first kappa shape index (κ1) is 17.4. The number of hydrogen-bond donors (Lipinski definition) is 1. The maximum atomic E-state index is 13.1. The molecule has 24 heavy (non-hydrogen) atoms. The summed E-state index contributed by atoms with van der Waals surface area (Å²) in [4.78, 5) is 9.24. The van der Waals surface area contributed by atoms with Crippen LogP contribution < -0.4 is 10.2 Å². The number of nitrogens with one attached hydrogen (secondary N) is 1. The van der Waals surface area contributed by atoms with Gasteiger partial charge in [-0.15, -0.1) is 0 Å². The maximum Gasteiger partial charge on any atom is 0.451 e. The van der Waals surface area contributed by atoms with Gasteiger partial charge in [0.15, 0.2) is 0 Å². The van der Waals surface area contributed by atoms with E-state index < -0.39 is 17.6 Å². The summed E-state index contributed by atoms with van der Waals surface area (Å²) in [5, 5.41) is 3.25. The molecule has 134 valence electrons. The molecule has 0 radical (unpaired) electrons. The molecule has 1 spiro atoms. The van der Waals surface area contributed by atoms with Gasteiger partial charge in [-0.1, -0.05) is 0 Å². The minimum atomic E-state index is -4.57. The average molecular weight is 346 g/mol. The lowest BCUT2D eigenvalue weighted by atomic mass is 10.0. The van der Waals surface area contributed by atoms with E-state index in [4.69, 9.17) is 9.47 Å². The number of ether oxygens (including phenoxy) is 2. The van der Waals surface area contributed by atoms with Crippen molar-refractivity contribution >= 4 is 5.82 Å². The van der Waals surface area contributed by atoms with E-state index in [1.54, 1.807) is 13.8 Å².